The van der Waals surface area contributed by atoms with Gasteiger partial charge < -0.3 is 4.57 Å². The number of thioether (sulfide) groups is 1. The number of aryl methyl sites for hydroxylation is 1. The first-order chi connectivity index (χ1) is 11.6. The summed E-state index contributed by atoms with van der Waals surface area (Å²) in [5.74, 6) is 0.848. The molecule has 0 aliphatic heterocycles. The van der Waals surface area contributed by atoms with Crippen molar-refractivity contribution in [2.24, 2.45) is 0 Å². The van der Waals surface area contributed by atoms with Gasteiger partial charge >= 0.3 is 5.69 Å². The summed E-state index contributed by atoms with van der Waals surface area (Å²) in [7, 11) is 0. The van der Waals surface area contributed by atoms with Crippen molar-refractivity contribution in [3.05, 3.63) is 51.2 Å². The molecule has 0 N–H and O–H groups in total. The quantitative estimate of drug-likeness (QED) is 0.667. The lowest BCUT2D eigenvalue weighted by atomic mass is 10.3. The van der Waals surface area contributed by atoms with Crippen LogP contribution in [-0.4, -0.2) is 24.4 Å². The van der Waals surface area contributed by atoms with Gasteiger partial charge in [-0.2, -0.15) is 0 Å². The van der Waals surface area contributed by atoms with E-state index in [1.54, 1.807) is 18.7 Å². The van der Waals surface area contributed by atoms with Gasteiger partial charge in [0.25, 0.3) is 5.56 Å². The molecule has 0 atom stereocenters. The van der Waals surface area contributed by atoms with Crippen LogP contribution in [0.1, 0.15) is 20.8 Å². The van der Waals surface area contributed by atoms with Crippen molar-refractivity contribution in [3.8, 4) is 5.69 Å². The highest BCUT2D eigenvalue weighted by Gasteiger charge is 2.21. The van der Waals surface area contributed by atoms with Crippen LogP contribution in [-0.2, 0) is 13.1 Å². The number of hydrogen-bond acceptors (Lipinski definition) is 4. The second-order valence-electron chi connectivity index (χ2n) is 5.25. The van der Waals surface area contributed by atoms with Crippen LogP contribution in [0.3, 0.4) is 0 Å². The summed E-state index contributed by atoms with van der Waals surface area (Å²) in [5.41, 5.74) is 0.998. The van der Waals surface area contributed by atoms with Gasteiger partial charge in [0.15, 0.2) is 16.3 Å². The summed E-state index contributed by atoms with van der Waals surface area (Å²) in [6, 6.07) is 9.33. The van der Waals surface area contributed by atoms with E-state index in [1.807, 2.05) is 48.7 Å². The number of fused-ring (bicyclic) bond motifs is 1. The minimum atomic E-state index is -0.352. The minimum absolute atomic E-state index is 0.276. The molecular formula is C17H20N4O2S. The van der Waals surface area contributed by atoms with Gasteiger partial charge in [-0.25, -0.2) is 14.3 Å². The Morgan fingerprint density at radius 2 is 1.67 bits per heavy atom. The molecule has 0 aliphatic carbocycles. The third-order valence-corrected chi connectivity index (χ3v) is 4.77. The van der Waals surface area contributed by atoms with E-state index < -0.39 is 0 Å². The average Bonchev–Trinajstić information content (AvgIpc) is 2.95. The normalized spacial score (nSPS) is 11.3. The molecule has 0 saturated heterocycles. The molecule has 0 saturated carbocycles. The Labute approximate surface area is 143 Å². The standard InChI is InChI=1S/C17H20N4O2S/c1-4-19-13-14(18-16(19)24-6-3)21(12-10-8-7-9-11-12)17(23)20(5-2)15(13)22/h7-11H,4-6H2,1-3H3. The van der Waals surface area contributed by atoms with Crippen LogP contribution in [0.15, 0.2) is 45.1 Å². The smallest absolute Gasteiger partial charge is 0.313 e. The minimum Gasteiger partial charge on any atom is -0.313 e. The number of aromatic nitrogens is 4. The molecule has 1 aromatic carbocycles. The lowest BCUT2D eigenvalue weighted by molar-refractivity contribution is 0.649. The zero-order valence-corrected chi connectivity index (χ0v) is 14.8. The fourth-order valence-electron chi connectivity index (χ4n) is 2.83. The Bertz CT molecular complexity index is 986. The Hall–Kier alpha value is -2.28. The topological polar surface area (TPSA) is 61.8 Å². The molecule has 24 heavy (non-hydrogen) atoms. The zero-order valence-electron chi connectivity index (χ0n) is 14.0. The molecule has 0 fully saturated rings. The van der Waals surface area contributed by atoms with E-state index in [2.05, 4.69) is 4.98 Å². The van der Waals surface area contributed by atoms with E-state index in [-0.39, 0.29) is 11.2 Å². The van der Waals surface area contributed by atoms with Crippen molar-refractivity contribution in [3.63, 3.8) is 0 Å². The largest absolute Gasteiger partial charge is 0.337 e. The highest BCUT2D eigenvalue weighted by Crippen LogP contribution is 2.22. The summed E-state index contributed by atoms with van der Waals surface area (Å²) < 4.78 is 4.70. The monoisotopic (exact) mass is 344 g/mol. The fourth-order valence-corrected chi connectivity index (χ4v) is 3.62. The average molecular weight is 344 g/mol. The van der Waals surface area contributed by atoms with Crippen LogP contribution >= 0.6 is 11.8 Å². The highest BCUT2D eigenvalue weighted by atomic mass is 32.2. The van der Waals surface area contributed by atoms with Crippen LogP contribution in [0.5, 0.6) is 0 Å². The predicted molar refractivity (Wildman–Crippen MR) is 97.3 cm³/mol. The molecule has 0 bridgehead atoms. The summed E-state index contributed by atoms with van der Waals surface area (Å²) in [4.78, 5) is 30.3. The molecule has 0 aliphatic rings. The maximum atomic E-state index is 12.9. The molecular weight excluding hydrogens is 324 g/mol. The first kappa shape index (κ1) is 16.6. The summed E-state index contributed by atoms with van der Waals surface area (Å²) in [6.45, 7) is 6.78. The predicted octanol–water partition coefficient (Wildman–Crippen LogP) is 2.50. The third-order valence-electron chi connectivity index (χ3n) is 3.92. The van der Waals surface area contributed by atoms with Crippen LogP contribution in [0, 0.1) is 0 Å². The van der Waals surface area contributed by atoms with E-state index in [4.69, 9.17) is 0 Å². The Balaban J connectivity index is 2.51. The highest BCUT2D eigenvalue weighted by molar-refractivity contribution is 7.99. The number of hydrogen-bond donors (Lipinski definition) is 0. The van der Waals surface area contributed by atoms with Crippen LogP contribution < -0.4 is 11.2 Å². The molecule has 0 spiro atoms. The maximum absolute atomic E-state index is 12.9. The molecule has 0 amide bonds. The lowest BCUT2D eigenvalue weighted by Crippen LogP contribution is -2.39. The summed E-state index contributed by atoms with van der Waals surface area (Å²) in [6.07, 6.45) is 0. The number of benzene rings is 1. The molecule has 0 radical (unpaired) electrons. The second kappa shape index (κ2) is 6.68. The zero-order chi connectivity index (χ0) is 17.3. The Morgan fingerprint density at radius 3 is 2.25 bits per heavy atom. The third kappa shape index (κ3) is 2.49. The molecule has 2 heterocycles. The first-order valence-electron chi connectivity index (χ1n) is 8.08. The molecule has 3 rings (SSSR count). The summed E-state index contributed by atoms with van der Waals surface area (Å²) >= 11 is 1.57. The number of rotatable bonds is 5. The number of imidazole rings is 1. The van der Waals surface area contributed by atoms with Gasteiger partial charge in [0.05, 0.1) is 5.69 Å². The van der Waals surface area contributed by atoms with Crippen molar-refractivity contribution < 1.29 is 0 Å². The fraction of sp³-hybridized carbons (Fsp3) is 0.353. The SMILES string of the molecule is CCSc1nc2c(c(=O)n(CC)c(=O)n2-c2ccccc2)n1CC. The van der Waals surface area contributed by atoms with Gasteiger partial charge in [0.1, 0.15) is 0 Å². The van der Waals surface area contributed by atoms with Gasteiger partial charge in [-0.15, -0.1) is 0 Å². The van der Waals surface area contributed by atoms with Gasteiger partial charge in [-0.05, 0) is 31.7 Å². The van der Waals surface area contributed by atoms with E-state index in [0.717, 1.165) is 10.9 Å². The lowest BCUT2D eigenvalue weighted by Gasteiger charge is -2.11. The molecule has 0 unspecified atom stereocenters. The molecule has 6 nitrogen and oxygen atoms in total. The van der Waals surface area contributed by atoms with E-state index in [1.165, 1.54) is 9.13 Å². The van der Waals surface area contributed by atoms with Crippen molar-refractivity contribution in [1.29, 1.82) is 0 Å². The van der Waals surface area contributed by atoms with Crippen molar-refractivity contribution in [1.82, 2.24) is 18.7 Å². The van der Waals surface area contributed by atoms with Crippen molar-refractivity contribution in [2.45, 2.75) is 39.0 Å². The first-order valence-corrected chi connectivity index (χ1v) is 9.06. The molecule has 7 heteroatoms. The summed E-state index contributed by atoms with van der Waals surface area (Å²) in [5, 5.41) is 0.769. The van der Waals surface area contributed by atoms with Crippen LogP contribution in [0.4, 0.5) is 0 Å². The van der Waals surface area contributed by atoms with Crippen molar-refractivity contribution >= 4 is 22.9 Å². The van der Waals surface area contributed by atoms with E-state index in [0.29, 0.717) is 29.9 Å². The molecule has 3 aromatic rings. The van der Waals surface area contributed by atoms with Gasteiger partial charge in [-0.3, -0.25) is 9.36 Å². The van der Waals surface area contributed by atoms with Crippen LogP contribution in [0.2, 0.25) is 0 Å². The van der Waals surface area contributed by atoms with Crippen LogP contribution in [0.25, 0.3) is 16.9 Å². The molecule has 126 valence electrons. The van der Waals surface area contributed by atoms with Gasteiger partial charge in [0, 0.05) is 13.1 Å². The number of para-hydroxylation sites is 1. The van der Waals surface area contributed by atoms with Gasteiger partial charge in [-0.1, -0.05) is 36.9 Å². The van der Waals surface area contributed by atoms with Crippen molar-refractivity contribution in [2.75, 3.05) is 5.75 Å². The van der Waals surface area contributed by atoms with E-state index >= 15 is 0 Å². The van der Waals surface area contributed by atoms with E-state index in [9.17, 15) is 9.59 Å². The Kier molecular flexibility index (Phi) is 4.62. The maximum Gasteiger partial charge on any atom is 0.337 e. The molecule has 2 aromatic heterocycles. The van der Waals surface area contributed by atoms with Gasteiger partial charge in [0.2, 0.25) is 0 Å². The Morgan fingerprint density at radius 1 is 1.00 bits per heavy atom. The number of nitrogens with zero attached hydrogens (tertiary/aromatic N) is 4. The second-order valence-corrected chi connectivity index (χ2v) is 6.48.